The molecular formula is C9H15N5OS2. The van der Waals surface area contributed by atoms with Crippen LogP contribution in [-0.4, -0.2) is 52.8 Å². The third kappa shape index (κ3) is 3.56. The maximum absolute atomic E-state index is 11.7. The highest BCUT2D eigenvalue weighted by atomic mass is 32.1. The molecule has 0 aliphatic carbocycles. The van der Waals surface area contributed by atoms with Crippen LogP contribution in [0.1, 0.15) is 12.8 Å². The van der Waals surface area contributed by atoms with Crippen molar-refractivity contribution in [2.24, 2.45) is 0 Å². The molecule has 0 aromatic carbocycles. The number of amides is 1. The van der Waals surface area contributed by atoms with E-state index < -0.39 is 0 Å². The summed E-state index contributed by atoms with van der Waals surface area (Å²) < 4.78 is 0.563. The smallest absolute Gasteiger partial charge is 0.241 e. The molecule has 17 heavy (non-hydrogen) atoms. The summed E-state index contributed by atoms with van der Waals surface area (Å²) in [6.07, 6.45) is 2.40. The van der Waals surface area contributed by atoms with Crippen LogP contribution in [0.2, 0.25) is 0 Å². The predicted octanol–water partition coefficient (Wildman–Crippen LogP) is 1.08. The number of aromatic amines is 1. The van der Waals surface area contributed by atoms with E-state index in [1.165, 1.54) is 24.2 Å². The number of H-pyrrole nitrogens is 1. The second-order valence-electron chi connectivity index (χ2n) is 3.94. The molecule has 2 heterocycles. The monoisotopic (exact) mass is 273 g/mol. The van der Waals surface area contributed by atoms with E-state index in [-0.39, 0.29) is 5.91 Å². The Bertz CT molecular complexity index is 437. The van der Waals surface area contributed by atoms with Crippen molar-refractivity contribution in [3.63, 3.8) is 0 Å². The van der Waals surface area contributed by atoms with Crippen LogP contribution >= 0.6 is 23.6 Å². The summed E-state index contributed by atoms with van der Waals surface area (Å²) in [7, 11) is 1.93. The van der Waals surface area contributed by atoms with Crippen molar-refractivity contribution < 1.29 is 4.79 Å². The molecule has 1 aliphatic rings. The Labute approximate surface area is 109 Å². The summed E-state index contributed by atoms with van der Waals surface area (Å²) in [5.41, 5.74) is 0. The van der Waals surface area contributed by atoms with Gasteiger partial charge in [0, 0.05) is 20.1 Å². The van der Waals surface area contributed by atoms with Crippen LogP contribution in [0.4, 0.5) is 5.13 Å². The largest absolute Gasteiger partial charge is 0.299 e. The van der Waals surface area contributed by atoms with E-state index in [1.807, 2.05) is 12.1 Å². The molecule has 1 aromatic heterocycles. The van der Waals surface area contributed by atoms with Gasteiger partial charge in [0.25, 0.3) is 0 Å². The molecule has 0 spiro atoms. The molecule has 1 amide bonds. The SMILES string of the molecule is CN(CC(=O)Nc1n[nH]c(=S)s1)N1CCCC1. The molecular weight excluding hydrogens is 258 g/mol. The first kappa shape index (κ1) is 12.6. The first-order chi connectivity index (χ1) is 8.15. The van der Waals surface area contributed by atoms with Crippen LogP contribution in [0.25, 0.3) is 0 Å². The standard InChI is InChI=1S/C9H15N5OS2/c1-13(14-4-2-3-5-14)6-7(15)10-8-11-12-9(16)17-8/h2-6H2,1H3,(H,12,16)(H,10,11,15). The van der Waals surface area contributed by atoms with E-state index in [0.717, 1.165) is 13.1 Å². The zero-order valence-corrected chi connectivity index (χ0v) is 11.2. The highest BCUT2D eigenvalue weighted by Gasteiger charge is 2.18. The van der Waals surface area contributed by atoms with E-state index in [4.69, 9.17) is 12.2 Å². The normalized spacial score (nSPS) is 16.6. The lowest BCUT2D eigenvalue weighted by atomic mass is 10.4. The van der Waals surface area contributed by atoms with Crippen molar-refractivity contribution in [1.82, 2.24) is 20.2 Å². The van der Waals surface area contributed by atoms with Crippen molar-refractivity contribution in [3.8, 4) is 0 Å². The number of hydrazine groups is 1. The molecule has 1 fully saturated rings. The van der Waals surface area contributed by atoms with Gasteiger partial charge in [-0.2, -0.15) is 0 Å². The lowest BCUT2D eigenvalue weighted by molar-refractivity contribution is -0.120. The Morgan fingerprint density at radius 2 is 2.35 bits per heavy atom. The molecule has 2 rings (SSSR count). The Kier molecular flexibility index (Phi) is 4.21. The molecule has 0 radical (unpaired) electrons. The number of likely N-dealkylation sites (N-methyl/N-ethyl adjacent to an activating group) is 1. The molecule has 94 valence electrons. The maximum atomic E-state index is 11.7. The maximum Gasteiger partial charge on any atom is 0.241 e. The summed E-state index contributed by atoms with van der Waals surface area (Å²) in [6.45, 7) is 2.41. The van der Waals surface area contributed by atoms with Gasteiger partial charge in [-0.15, -0.1) is 5.10 Å². The second-order valence-corrected chi connectivity index (χ2v) is 5.61. The summed E-state index contributed by atoms with van der Waals surface area (Å²) in [6, 6.07) is 0. The van der Waals surface area contributed by atoms with Gasteiger partial charge in [-0.1, -0.05) is 11.3 Å². The van der Waals surface area contributed by atoms with E-state index in [2.05, 4.69) is 20.5 Å². The van der Waals surface area contributed by atoms with Gasteiger partial charge >= 0.3 is 0 Å². The van der Waals surface area contributed by atoms with Crippen LogP contribution in [0, 0.1) is 3.95 Å². The number of rotatable bonds is 4. The average molecular weight is 273 g/mol. The number of carbonyl (C=O) groups is 1. The second kappa shape index (κ2) is 5.67. The fourth-order valence-electron chi connectivity index (χ4n) is 1.79. The Morgan fingerprint density at radius 3 is 2.94 bits per heavy atom. The van der Waals surface area contributed by atoms with Gasteiger partial charge in [0.15, 0.2) is 3.95 Å². The minimum absolute atomic E-state index is 0.0721. The highest BCUT2D eigenvalue weighted by Crippen LogP contribution is 2.12. The Balaban J connectivity index is 1.82. The van der Waals surface area contributed by atoms with Gasteiger partial charge in [0.1, 0.15) is 0 Å². The van der Waals surface area contributed by atoms with Crippen LogP contribution in [-0.2, 0) is 4.79 Å². The summed E-state index contributed by atoms with van der Waals surface area (Å²) >= 11 is 6.15. The first-order valence-electron chi connectivity index (χ1n) is 5.46. The summed E-state index contributed by atoms with van der Waals surface area (Å²) in [4.78, 5) is 11.7. The number of anilines is 1. The number of aromatic nitrogens is 2. The van der Waals surface area contributed by atoms with Crippen LogP contribution in [0.3, 0.4) is 0 Å². The van der Waals surface area contributed by atoms with E-state index in [1.54, 1.807) is 0 Å². The molecule has 0 saturated carbocycles. The predicted molar refractivity (Wildman–Crippen MR) is 69.4 cm³/mol. The van der Waals surface area contributed by atoms with Crippen LogP contribution in [0.5, 0.6) is 0 Å². The first-order valence-corrected chi connectivity index (χ1v) is 6.69. The van der Waals surface area contributed by atoms with Crippen LogP contribution in [0.15, 0.2) is 0 Å². The van der Waals surface area contributed by atoms with Gasteiger partial charge in [-0.05, 0) is 25.1 Å². The molecule has 0 unspecified atom stereocenters. The number of nitrogens with zero attached hydrogens (tertiary/aromatic N) is 3. The van der Waals surface area contributed by atoms with Crippen molar-refractivity contribution in [3.05, 3.63) is 3.95 Å². The van der Waals surface area contributed by atoms with Gasteiger partial charge in [0.2, 0.25) is 11.0 Å². The van der Waals surface area contributed by atoms with E-state index in [9.17, 15) is 4.79 Å². The third-order valence-electron chi connectivity index (χ3n) is 2.62. The minimum Gasteiger partial charge on any atom is -0.299 e. The number of carbonyl (C=O) groups excluding carboxylic acids is 1. The average Bonchev–Trinajstić information content (AvgIpc) is 2.89. The zero-order valence-electron chi connectivity index (χ0n) is 9.60. The molecule has 0 atom stereocenters. The number of hydrogen-bond donors (Lipinski definition) is 2. The zero-order chi connectivity index (χ0) is 12.3. The molecule has 2 N–H and O–H groups in total. The fourth-order valence-corrected chi connectivity index (χ4v) is 2.60. The Morgan fingerprint density at radius 1 is 1.65 bits per heavy atom. The lowest BCUT2D eigenvalue weighted by Gasteiger charge is -2.26. The summed E-state index contributed by atoms with van der Waals surface area (Å²) in [5, 5.41) is 13.9. The van der Waals surface area contributed by atoms with Gasteiger partial charge in [-0.3, -0.25) is 15.2 Å². The fraction of sp³-hybridized carbons (Fsp3) is 0.667. The lowest BCUT2D eigenvalue weighted by Crippen LogP contribution is -2.42. The topological polar surface area (TPSA) is 64.3 Å². The van der Waals surface area contributed by atoms with Crippen molar-refractivity contribution in [2.75, 3.05) is 32.0 Å². The third-order valence-corrected chi connectivity index (χ3v) is 3.63. The molecule has 1 saturated heterocycles. The van der Waals surface area contributed by atoms with E-state index >= 15 is 0 Å². The highest BCUT2D eigenvalue weighted by molar-refractivity contribution is 7.73. The van der Waals surface area contributed by atoms with Gasteiger partial charge in [-0.25, -0.2) is 10.0 Å². The van der Waals surface area contributed by atoms with E-state index in [0.29, 0.717) is 15.6 Å². The molecule has 8 heteroatoms. The van der Waals surface area contributed by atoms with Crippen molar-refractivity contribution in [2.45, 2.75) is 12.8 Å². The van der Waals surface area contributed by atoms with Gasteiger partial charge < -0.3 is 0 Å². The molecule has 0 bridgehead atoms. The molecule has 6 nitrogen and oxygen atoms in total. The summed E-state index contributed by atoms with van der Waals surface area (Å²) in [5.74, 6) is -0.0721. The van der Waals surface area contributed by atoms with Crippen molar-refractivity contribution in [1.29, 1.82) is 0 Å². The number of hydrogen-bond acceptors (Lipinski definition) is 6. The molecule has 1 aromatic rings. The number of nitrogens with one attached hydrogen (secondary N) is 2. The molecule has 1 aliphatic heterocycles. The van der Waals surface area contributed by atoms with Crippen LogP contribution < -0.4 is 5.32 Å². The van der Waals surface area contributed by atoms with Crippen molar-refractivity contribution >= 4 is 34.6 Å². The Hall–Kier alpha value is -0.830. The quantitative estimate of drug-likeness (QED) is 0.804. The van der Waals surface area contributed by atoms with Gasteiger partial charge in [0.05, 0.1) is 6.54 Å². The minimum atomic E-state index is -0.0721.